The summed E-state index contributed by atoms with van der Waals surface area (Å²) in [5.41, 5.74) is 8.22. The Morgan fingerprint density at radius 2 is 2.13 bits per heavy atom. The number of anilines is 3. The SMILES string of the molecule is Nc1c[c]ccc1Nc1cccc(Cl)c1. The molecule has 2 aromatic rings. The average molecular weight is 218 g/mol. The summed E-state index contributed by atoms with van der Waals surface area (Å²) < 4.78 is 0. The van der Waals surface area contributed by atoms with E-state index in [1.807, 2.05) is 36.4 Å². The van der Waals surface area contributed by atoms with Crippen molar-refractivity contribution in [1.29, 1.82) is 0 Å². The Morgan fingerprint density at radius 1 is 1.27 bits per heavy atom. The van der Waals surface area contributed by atoms with E-state index >= 15 is 0 Å². The zero-order chi connectivity index (χ0) is 10.7. The Labute approximate surface area is 93.7 Å². The first-order valence-electron chi connectivity index (χ1n) is 4.54. The van der Waals surface area contributed by atoms with Crippen molar-refractivity contribution in [3.63, 3.8) is 0 Å². The van der Waals surface area contributed by atoms with E-state index in [1.54, 1.807) is 6.07 Å². The van der Waals surface area contributed by atoms with Crippen molar-refractivity contribution in [2.24, 2.45) is 0 Å². The zero-order valence-corrected chi connectivity index (χ0v) is 8.75. The van der Waals surface area contributed by atoms with Gasteiger partial charge in [-0.05, 0) is 36.4 Å². The molecule has 0 fully saturated rings. The molecule has 3 N–H and O–H groups in total. The minimum atomic E-state index is 0.664. The van der Waals surface area contributed by atoms with Crippen LogP contribution in [0.3, 0.4) is 0 Å². The molecular formula is C12H10ClN2. The van der Waals surface area contributed by atoms with Crippen LogP contribution >= 0.6 is 11.6 Å². The Kier molecular flexibility index (Phi) is 2.79. The first-order valence-corrected chi connectivity index (χ1v) is 4.92. The second-order valence-corrected chi connectivity index (χ2v) is 3.59. The smallest absolute Gasteiger partial charge is 0.0618 e. The van der Waals surface area contributed by atoms with Crippen LogP contribution in [0.2, 0.25) is 5.02 Å². The molecule has 0 bridgehead atoms. The van der Waals surface area contributed by atoms with Crippen LogP contribution in [0.1, 0.15) is 0 Å². The number of benzene rings is 2. The molecule has 75 valence electrons. The Bertz CT molecular complexity index is 469. The first-order chi connectivity index (χ1) is 7.25. The van der Waals surface area contributed by atoms with Crippen molar-refractivity contribution in [2.45, 2.75) is 0 Å². The summed E-state index contributed by atoms with van der Waals surface area (Å²) in [5, 5.41) is 3.88. The van der Waals surface area contributed by atoms with Crippen LogP contribution in [0.4, 0.5) is 17.1 Å². The van der Waals surface area contributed by atoms with E-state index in [0.717, 1.165) is 11.4 Å². The fourth-order valence-corrected chi connectivity index (χ4v) is 1.47. The van der Waals surface area contributed by atoms with E-state index in [0.29, 0.717) is 10.7 Å². The molecule has 15 heavy (non-hydrogen) atoms. The minimum Gasteiger partial charge on any atom is -0.397 e. The Balaban J connectivity index is 2.26. The fourth-order valence-electron chi connectivity index (χ4n) is 1.28. The highest BCUT2D eigenvalue weighted by Gasteiger charge is 1.98. The molecule has 0 unspecified atom stereocenters. The molecule has 0 saturated heterocycles. The van der Waals surface area contributed by atoms with E-state index < -0.39 is 0 Å². The Morgan fingerprint density at radius 3 is 2.87 bits per heavy atom. The molecule has 1 radical (unpaired) electrons. The maximum absolute atomic E-state index is 5.87. The van der Waals surface area contributed by atoms with Gasteiger partial charge in [0, 0.05) is 10.7 Å². The third kappa shape index (κ3) is 2.42. The lowest BCUT2D eigenvalue weighted by atomic mass is 10.2. The van der Waals surface area contributed by atoms with Crippen molar-refractivity contribution in [2.75, 3.05) is 11.1 Å². The summed E-state index contributed by atoms with van der Waals surface area (Å²) in [6, 6.07) is 15.8. The van der Waals surface area contributed by atoms with Gasteiger partial charge in [-0.15, -0.1) is 0 Å². The summed E-state index contributed by atoms with van der Waals surface area (Å²) in [5.74, 6) is 0. The molecule has 0 atom stereocenters. The molecule has 0 aromatic heterocycles. The van der Waals surface area contributed by atoms with E-state index in [2.05, 4.69) is 11.4 Å². The predicted molar refractivity (Wildman–Crippen MR) is 64.4 cm³/mol. The standard InChI is InChI=1S/C12H10ClN2/c13-9-4-3-5-10(8-9)15-12-7-2-1-6-11(12)14/h2-8,15H,14H2. The topological polar surface area (TPSA) is 38.0 Å². The number of nitrogens with one attached hydrogen (secondary N) is 1. The van der Waals surface area contributed by atoms with E-state index in [9.17, 15) is 0 Å². The lowest BCUT2D eigenvalue weighted by Crippen LogP contribution is -1.95. The molecule has 0 aliphatic heterocycles. The van der Waals surface area contributed by atoms with Gasteiger partial charge in [0.2, 0.25) is 0 Å². The lowest BCUT2D eigenvalue weighted by Gasteiger charge is -2.08. The maximum atomic E-state index is 5.87. The highest BCUT2D eigenvalue weighted by Crippen LogP contribution is 2.23. The zero-order valence-electron chi connectivity index (χ0n) is 8.00. The van der Waals surface area contributed by atoms with Crippen molar-refractivity contribution in [3.05, 3.63) is 53.6 Å². The number of hydrogen-bond donors (Lipinski definition) is 2. The van der Waals surface area contributed by atoms with Gasteiger partial charge in [0.1, 0.15) is 0 Å². The van der Waals surface area contributed by atoms with Crippen molar-refractivity contribution < 1.29 is 0 Å². The van der Waals surface area contributed by atoms with Gasteiger partial charge in [-0.1, -0.05) is 23.7 Å². The number of nitrogen functional groups attached to an aromatic ring is 1. The van der Waals surface area contributed by atoms with Crippen LogP contribution in [0.25, 0.3) is 0 Å². The summed E-state index contributed by atoms with van der Waals surface area (Å²) in [6.07, 6.45) is 0. The van der Waals surface area contributed by atoms with Gasteiger partial charge in [0.25, 0.3) is 0 Å². The van der Waals surface area contributed by atoms with Gasteiger partial charge in [-0.2, -0.15) is 0 Å². The molecule has 2 aromatic carbocycles. The van der Waals surface area contributed by atoms with Crippen LogP contribution in [0.15, 0.2) is 42.5 Å². The fraction of sp³-hybridized carbons (Fsp3) is 0. The minimum absolute atomic E-state index is 0.664. The van der Waals surface area contributed by atoms with E-state index in [1.165, 1.54) is 0 Å². The van der Waals surface area contributed by atoms with E-state index in [4.69, 9.17) is 17.3 Å². The molecule has 0 saturated carbocycles. The molecule has 0 amide bonds. The van der Waals surface area contributed by atoms with Crippen LogP contribution < -0.4 is 11.1 Å². The Hall–Kier alpha value is -1.67. The van der Waals surface area contributed by atoms with Crippen molar-refractivity contribution in [1.82, 2.24) is 0 Å². The third-order valence-electron chi connectivity index (χ3n) is 2.00. The highest BCUT2D eigenvalue weighted by molar-refractivity contribution is 6.30. The number of hydrogen-bond acceptors (Lipinski definition) is 2. The molecular weight excluding hydrogens is 208 g/mol. The van der Waals surface area contributed by atoms with Crippen LogP contribution in [0, 0.1) is 6.07 Å². The number of nitrogens with two attached hydrogens (primary N) is 1. The maximum Gasteiger partial charge on any atom is 0.0618 e. The molecule has 3 heteroatoms. The van der Waals surface area contributed by atoms with Gasteiger partial charge < -0.3 is 11.1 Å². The molecule has 0 aliphatic rings. The summed E-state index contributed by atoms with van der Waals surface area (Å²) >= 11 is 5.87. The molecule has 0 spiro atoms. The third-order valence-corrected chi connectivity index (χ3v) is 2.23. The van der Waals surface area contributed by atoms with Gasteiger partial charge in [0.15, 0.2) is 0 Å². The van der Waals surface area contributed by atoms with Gasteiger partial charge in [-0.3, -0.25) is 0 Å². The molecule has 0 heterocycles. The van der Waals surface area contributed by atoms with Gasteiger partial charge in [-0.25, -0.2) is 0 Å². The van der Waals surface area contributed by atoms with Crippen LogP contribution in [0.5, 0.6) is 0 Å². The van der Waals surface area contributed by atoms with E-state index in [-0.39, 0.29) is 0 Å². The highest BCUT2D eigenvalue weighted by atomic mass is 35.5. The predicted octanol–water partition coefficient (Wildman–Crippen LogP) is 3.47. The molecule has 2 nitrogen and oxygen atoms in total. The monoisotopic (exact) mass is 217 g/mol. The first kappa shape index (κ1) is 9.87. The molecule has 2 rings (SSSR count). The second-order valence-electron chi connectivity index (χ2n) is 3.15. The number of halogens is 1. The van der Waals surface area contributed by atoms with Gasteiger partial charge >= 0.3 is 0 Å². The number of rotatable bonds is 2. The average Bonchev–Trinajstić information content (AvgIpc) is 2.22. The summed E-state index contributed by atoms with van der Waals surface area (Å²) in [7, 11) is 0. The lowest BCUT2D eigenvalue weighted by molar-refractivity contribution is 1.54. The van der Waals surface area contributed by atoms with Crippen molar-refractivity contribution in [3.8, 4) is 0 Å². The van der Waals surface area contributed by atoms with Crippen LogP contribution in [-0.2, 0) is 0 Å². The second kappa shape index (κ2) is 4.24. The normalized spacial score (nSPS) is 9.93. The van der Waals surface area contributed by atoms with Crippen LogP contribution in [-0.4, -0.2) is 0 Å². The summed E-state index contributed by atoms with van der Waals surface area (Å²) in [4.78, 5) is 0. The van der Waals surface area contributed by atoms with Crippen molar-refractivity contribution >= 4 is 28.7 Å². The summed E-state index contributed by atoms with van der Waals surface area (Å²) in [6.45, 7) is 0. The largest absolute Gasteiger partial charge is 0.397 e. The quantitative estimate of drug-likeness (QED) is 0.756. The van der Waals surface area contributed by atoms with Gasteiger partial charge in [0.05, 0.1) is 11.4 Å². The molecule has 0 aliphatic carbocycles.